The molecule has 0 radical (unpaired) electrons. The number of nitrogens with zero attached hydrogens (tertiary/aromatic N) is 3. The smallest absolute Gasteiger partial charge is 0.149 e. The summed E-state index contributed by atoms with van der Waals surface area (Å²) in [5.74, 6) is 6.06. The molecular weight excluding hydrogens is 242 g/mol. The van der Waals surface area contributed by atoms with Crippen molar-refractivity contribution in [2.45, 2.75) is 32.4 Å². The van der Waals surface area contributed by atoms with Gasteiger partial charge in [-0.15, -0.1) is 0 Å². The summed E-state index contributed by atoms with van der Waals surface area (Å²) in [5.41, 5.74) is 2.50. The minimum atomic E-state index is -3.07. The minimum absolute atomic E-state index is 0.0194. The maximum Gasteiger partial charge on any atom is 0.149 e. The molecule has 17 heavy (non-hydrogen) atoms. The molecule has 0 aliphatic rings. The van der Waals surface area contributed by atoms with Crippen LogP contribution < -0.4 is 11.3 Å². The molecule has 0 amide bonds. The number of aromatic nitrogens is 3. The van der Waals surface area contributed by atoms with Crippen molar-refractivity contribution in [3.05, 3.63) is 12.2 Å². The third-order valence-corrected chi connectivity index (χ3v) is 3.31. The summed E-state index contributed by atoms with van der Waals surface area (Å²) in [6.07, 6.45) is 3.08. The van der Waals surface area contributed by atoms with Crippen LogP contribution in [0.25, 0.3) is 0 Å². The molecule has 1 atom stereocenters. The van der Waals surface area contributed by atoms with Crippen LogP contribution in [0.2, 0.25) is 0 Å². The third kappa shape index (κ3) is 4.41. The van der Waals surface area contributed by atoms with Gasteiger partial charge in [0.05, 0.1) is 5.75 Å². The zero-order valence-electron chi connectivity index (χ0n) is 10.3. The van der Waals surface area contributed by atoms with E-state index in [2.05, 4.69) is 15.5 Å². The molecule has 1 unspecified atom stereocenters. The number of nitrogens with two attached hydrogens (primary N) is 1. The van der Waals surface area contributed by atoms with Gasteiger partial charge in [-0.1, -0.05) is 0 Å². The fourth-order valence-electron chi connectivity index (χ4n) is 1.60. The zero-order chi connectivity index (χ0) is 13.1. The molecular formula is C9H19N5O2S. The van der Waals surface area contributed by atoms with E-state index in [1.165, 1.54) is 12.6 Å². The number of hydrogen-bond donors (Lipinski definition) is 2. The van der Waals surface area contributed by atoms with Crippen LogP contribution >= 0.6 is 0 Å². The largest absolute Gasteiger partial charge is 0.271 e. The van der Waals surface area contributed by atoms with Crippen molar-refractivity contribution < 1.29 is 8.42 Å². The summed E-state index contributed by atoms with van der Waals surface area (Å²) in [6, 6.07) is -0.171. The molecule has 0 fully saturated rings. The van der Waals surface area contributed by atoms with Crippen LogP contribution in [0.4, 0.5) is 0 Å². The van der Waals surface area contributed by atoms with Gasteiger partial charge in [0.2, 0.25) is 0 Å². The predicted molar refractivity (Wildman–Crippen MR) is 64.9 cm³/mol. The summed E-state index contributed by atoms with van der Waals surface area (Å²) in [7, 11) is -3.07. The molecule has 0 saturated carbocycles. The van der Waals surface area contributed by atoms with Crippen LogP contribution in [0, 0.1) is 0 Å². The quantitative estimate of drug-likeness (QED) is 0.517. The lowest BCUT2D eigenvalue weighted by atomic mass is 10.2. The SMILES string of the molecule is CC(C)n1ncnc1CC(CS(C)(=O)=O)NN. The molecule has 0 saturated heterocycles. The van der Waals surface area contributed by atoms with Crippen LogP contribution in [0.3, 0.4) is 0 Å². The Kier molecular flexibility index (Phi) is 4.61. The molecule has 8 heteroatoms. The van der Waals surface area contributed by atoms with E-state index in [4.69, 9.17) is 5.84 Å². The van der Waals surface area contributed by atoms with Crippen LogP contribution in [0.5, 0.6) is 0 Å². The second-order valence-corrected chi connectivity index (χ2v) is 6.56. The van der Waals surface area contributed by atoms with E-state index in [0.717, 1.165) is 5.82 Å². The second kappa shape index (κ2) is 5.56. The Hall–Kier alpha value is -0.990. The Morgan fingerprint density at radius 2 is 2.18 bits per heavy atom. The Balaban J connectivity index is 2.77. The first kappa shape index (κ1) is 14.1. The number of nitrogens with one attached hydrogen (secondary N) is 1. The van der Waals surface area contributed by atoms with Crippen molar-refractivity contribution in [2.75, 3.05) is 12.0 Å². The molecule has 0 bridgehead atoms. The first-order valence-corrected chi connectivity index (χ1v) is 7.41. The molecule has 0 aromatic carbocycles. The van der Waals surface area contributed by atoms with Crippen molar-refractivity contribution in [1.82, 2.24) is 20.2 Å². The molecule has 98 valence electrons. The minimum Gasteiger partial charge on any atom is -0.271 e. The monoisotopic (exact) mass is 261 g/mol. The lowest BCUT2D eigenvalue weighted by Crippen LogP contribution is -2.42. The van der Waals surface area contributed by atoms with Crippen molar-refractivity contribution in [3.8, 4) is 0 Å². The van der Waals surface area contributed by atoms with Crippen molar-refractivity contribution >= 4 is 9.84 Å². The first-order valence-electron chi connectivity index (χ1n) is 5.35. The van der Waals surface area contributed by atoms with Crippen LogP contribution in [0.1, 0.15) is 25.7 Å². The van der Waals surface area contributed by atoms with Gasteiger partial charge >= 0.3 is 0 Å². The molecule has 1 aromatic rings. The van der Waals surface area contributed by atoms with Crippen LogP contribution in [-0.2, 0) is 16.3 Å². The standard InChI is InChI=1S/C9H19N5O2S/c1-7(2)14-9(11-6-12-14)4-8(13-10)5-17(3,15)16/h6-8,13H,4-5,10H2,1-3H3. The second-order valence-electron chi connectivity index (χ2n) is 4.37. The highest BCUT2D eigenvalue weighted by atomic mass is 32.2. The Morgan fingerprint density at radius 3 is 2.65 bits per heavy atom. The average Bonchev–Trinajstić information content (AvgIpc) is 2.62. The van der Waals surface area contributed by atoms with Gasteiger partial charge < -0.3 is 0 Å². The first-order chi connectivity index (χ1) is 7.83. The Bertz CT molecular complexity index is 454. The lowest BCUT2D eigenvalue weighted by Gasteiger charge is -2.16. The highest BCUT2D eigenvalue weighted by molar-refractivity contribution is 7.90. The van der Waals surface area contributed by atoms with Gasteiger partial charge in [-0.05, 0) is 13.8 Å². The average molecular weight is 261 g/mol. The molecule has 1 rings (SSSR count). The highest BCUT2D eigenvalue weighted by Gasteiger charge is 2.18. The van der Waals surface area contributed by atoms with Gasteiger partial charge in [-0.25, -0.2) is 18.1 Å². The number of rotatable bonds is 6. The van der Waals surface area contributed by atoms with Crippen LogP contribution in [0.15, 0.2) is 6.33 Å². The van der Waals surface area contributed by atoms with E-state index in [9.17, 15) is 8.42 Å². The van der Waals surface area contributed by atoms with E-state index < -0.39 is 9.84 Å². The summed E-state index contributed by atoms with van der Waals surface area (Å²) in [6.45, 7) is 3.97. The number of sulfone groups is 1. The highest BCUT2D eigenvalue weighted by Crippen LogP contribution is 2.08. The molecule has 3 N–H and O–H groups in total. The molecule has 0 aliphatic carbocycles. The van der Waals surface area contributed by atoms with Gasteiger partial charge in [-0.2, -0.15) is 5.10 Å². The Morgan fingerprint density at radius 1 is 1.53 bits per heavy atom. The third-order valence-electron chi connectivity index (χ3n) is 2.31. The molecule has 7 nitrogen and oxygen atoms in total. The van der Waals surface area contributed by atoms with E-state index in [-0.39, 0.29) is 17.8 Å². The summed E-state index contributed by atoms with van der Waals surface area (Å²) >= 11 is 0. The van der Waals surface area contributed by atoms with E-state index in [0.29, 0.717) is 6.42 Å². The molecule has 0 spiro atoms. The van der Waals surface area contributed by atoms with Crippen molar-refractivity contribution in [3.63, 3.8) is 0 Å². The van der Waals surface area contributed by atoms with E-state index >= 15 is 0 Å². The maximum atomic E-state index is 11.2. The fourth-order valence-corrected chi connectivity index (χ4v) is 2.55. The molecule has 1 heterocycles. The van der Waals surface area contributed by atoms with Gasteiger partial charge in [0.15, 0.2) is 0 Å². The van der Waals surface area contributed by atoms with Crippen molar-refractivity contribution in [2.24, 2.45) is 5.84 Å². The van der Waals surface area contributed by atoms with Gasteiger partial charge in [0.25, 0.3) is 0 Å². The normalized spacial score (nSPS) is 14.2. The van der Waals surface area contributed by atoms with Gasteiger partial charge in [-0.3, -0.25) is 11.3 Å². The summed E-state index contributed by atoms with van der Waals surface area (Å²) in [5, 5.41) is 4.09. The summed E-state index contributed by atoms with van der Waals surface area (Å²) < 4.78 is 24.2. The molecule has 1 aromatic heterocycles. The van der Waals surface area contributed by atoms with Gasteiger partial charge in [0, 0.05) is 24.8 Å². The zero-order valence-corrected chi connectivity index (χ0v) is 11.1. The summed E-state index contributed by atoms with van der Waals surface area (Å²) in [4.78, 5) is 4.12. The topological polar surface area (TPSA) is 103 Å². The predicted octanol–water partition coefficient (Wildman–Crippen LogP) is -0.722. The van der Waals surface area contributed by atoms with Crippen molar-refractivity contribution in [1.29, 1.82) is 0 Å². The molecule has 0 aliphatic heterocycles. The van der Waals surface area contributed by atoms with Gasteiger partial charge in [0.1, 0.15) is 22.0 Å². The Labute approximate surface area is 101 Å². The number of hydrazine groups is 1. The maximum absolute atomic E-state index is 11.2. The lowest BCUT2D eigenvalue weighted by molar-refractivity contribution is 0.473. The fraction of sp³-hybridized carbons (Fsp3) is 0.778. The van der Waals surface area contributed by atoms with E-state index in [1.807, 2.05) is 13.8 Å². The van der Waals surface area contributed by atoms with Crippen LogP contribution in [-0.4, -0.2) is 41.2 Å². The van der Waals surface area contributed by atoms with E-state index in [1.54, 1.807) is 4.68 Å². The number of hydrogen-bond acceptors (Lipinski definition) is 6.